The van der Waals surface area contributed by atoms with Crippen molar-refractivity contribution in [2.75, 3.05) is 0 Å². The van der Waals surface area contributed by atoms with Crippen molar-refractivity contribution < 1.29 is 10.2 Å². The predicted molar refractivity (Wildman–Crippen MR) is 116 cm³/mol. The van der Waals surface area contributed by atoms with Crippen LogP contribution in [0, 0.1) is 40.4 Å². The summed E-state index contributed by atoms with van der Waals surface area (Å²) in [5, 5.41) is 22.7. The van der Waals surface area contributed by atoms with Gasteiger partial charge >= 0.3 is 0 Å². The molecule has 8 atom stereocenters. The molecule has 4 aliphatic rings. The molecule has 0 aromatic rings. The van der Waals surface area contributed by atoms with Crippen LogP contribution in [-0.2, 0) is 0 Å². The number of aliphatic hydroxyl groups is 2. The summed E-state index contributed by atoms with van der Waals surface area (Å²) in [6.45, 7) is 11.5. The first-order valence-corrected chi connectivity index (χ1v) is 12.2. The SMILES string of the molecule is CC(C)CC[C@@](C)(O)[C@H]1[C@@H](O)C[C@H]2[C@@H]3CC=C4CCCC[C@]4(C)[C@H]3CC[C@@]21C. The van der Waals surface area contributed by atoms with Crippen LogP contribution in [0.15, 0.2) is 11.6 Å². The lowest BCUT2D eigenvalue weighted by Crippen LogP contribution is -2.53. The lowest BCUT2D eigenvalue weighted by atomic mass is 9.47. The van der Waals surface area contributed by atoms with Gasteiger partial charge in [-0.3, -0.25) is 0 Å². The van der Waals surface area contributed by atoms with E-state index in [4.69, 9.17) is 0 Å². The van der Waals surface area contributed by atoms with E-state index >= 15 is 0 Å². The summed E-state index contributed by atoms with van der Waals surface area (Å²) in [5.74, 6) is 2.67. The highest BCUT2D eigenvalue weighted by Crippen LogP contribution is 2.67. The quantitative estimate of drug-likeness (QED) is 0.570. The number of fused-ring (bicyclic) bond motifs is 5. The van der Waals surface area contributed by atoms with Crippen molar-refractivity contribution >= 4 is 0 Å². The maximum Gasteiger partial charge on any atom is 0.0677 e. The van der Waals surface area contributed by atoms with E-state index in [1.165, 1.54) is 44.9 Å². The molecule has 2 nitrogen and oxygen atoms in total. The van der Waals surface area contributed by atoms with Gasteiger partial charge in [0.15, 0.2) is 0 Å². The van der Waals surface area contributed by atoms with Crippen molar-refractivity contribution in [3.05, 3.63) is 11.6 Å². The fourth-order valence-electron chi connectivity index (χ4n) is 8.57. The Labute approximate surface area is 173 Å². The first kappa shape index (κ1) is 20.9. The van der Waals surface area contributed by atoms with Crippen molar-refractivity contribution in [1.82, 2.24) is 0 Å². The van der Waals surface area contributed by atoms with Crippen molar-refractivity contribution in [2.24, 2.45) is 40.4 Å². The third-order valence-corrected chi connectivity index (χ3v) is 9.94. The zero-order valence-electron chi connectivity index (χ0n) is 19.0. The van der Waals surface area contributed by atoms with Gasteiger partial charge in [0, 0.05) is 5.92 Å². The van der Waals surface area contributed by atoms with E-state index in [1.807, 2.05) is 6.92 Å². The molecular formula is C26H44O2. The highest BCUT2D eigenvalue weighted by Gasteiger charge is 2.63. The second kappa shape index (κ2) is 7.12. The molecule has 0 aliphatic heterocycles. The van der Waals surface area contributed by atoms with E-state index in [2.05, 4.69) is 33.8 Å². The van der Waals surface area contributed by atoms with Crippen LogP contribution in [0.25, 0.3) is 0 Å². The Morgan fingerprint density at radius 1 is 1.18 bits per heavy atom. The Hall–Kier alpha value is -0.340. The molecule has 2 heteroatoms. The van der Waals surface area contributed by atoms with Gasteiger partial charge in [-0.25, -0.2) is 0 Å². The number of hydrogen-bond acceptors (Lipinski definition) is 2. The molecular weight excluding hydrogens is 344 g/mol. The number of allylic oxidation sites excluding steroid dienone is 2. The second-order valence-electron chi connectivity index (χ2n) is 12.1. The standard InChI is InChI=1S/C26H44O2/c1-17(2)11-15-26(5,28)23-22(27)16-21-19-10-9-18-8-6-7-13-24(18,3)20(19)12-14-25(21,23)4/h9,17,19-23,27-28H,6-8,10-16H2,1-5H3/t19-,20+,21+,22+,23+,24+,25+,26-/m1/s1. The van der Waals surface area contributed by atoms with Gasteiger partial charge in [-0.15, -0.1) is 0 Å². The average Bonchev–Trinajstić information content (AvgIpc) is 2.90. The summed E-state index contributed by atoms with van der Waals surface area (Å²) in [6.07, 6.45) is 14.1. The van der Waals surface area contributed by atoms with Gasteiger partial charge in [-0.05, 0) is 99.2 Å². The van der Waals surface area contributed by atoms with Crippen LogP contribution in [0.1, 0.15) is 98.8 Å². The zero-order valence-corrected chi connectivity index (χ0v) is 19.0. The zero-order chi connectivity index (χ0) is 20.3. The minimum absolute atomic E-state index is 0.0224. The second-order valence-corrected chi connectivity index (χ2v) is 12.1. The van der Waals surface area contributed by atoms with E-state index in [-0.39, 0.29) is 17.4 Å². The molecule has 0 aromatic heterocycles. The minimum Gasteiger partial charge on any atom is -0.393 e. The summed E-state index contributed by atoms with van der Waals surface area (Å²) in [7, 11) is 0. The Kier molecular flexibility index (Phi) is 5.32. The predicted octanol–water partition coefficient (Wildman–Crippen LogP) is 6.11. The summed E-state index contributed by atoms with van der Waals surface area (Å²) >= 11 is 0. The van der Waals surface area contributed by atoms with E-state index < -0.39 is 5.60 Å². The van der Waals surface area contributed by atoms with Crippen LogP contribution in [0.2, 0.25) is 0 Å². The van der Waals surface area contributed by atoms with Crippen molar-refractivity contribution in [3.63, 3.8) is 0 Å². The van der Waals surface area contributed by atoms with Crippen LogP contribution in [-0.4, -0.2) is 21.9 Å². The molecule has 160 valence electrons. The van der Waals surface area contributed by atoms with Gasteiger partial charge in [-0.1, -0.05) is 45.8 Å². The molecule has 0 heterocycles. The molecule has 0 unspecified atom stereocenters. The molecule has 0 amide bonds. The Morgan fingerprint density at radius 2 is 1.93 bits per heavy atom. The van der Waals surface area contributed by atoms with Gasteiger partial charge < -0.3 is 10.2 Å². The third-order valence-electron chi connectivity index (χ3n) is 9.94. The van der Waals surface area contributed by atoms with E-state index in [0.717, 1.165) is 25.2 Å². The largest absolute Gasteiger partial charge is 0.393 e. The van der Waals surface area contributed by atoms with Gasteiger partial charge in [0.1, 0.15) is 0 Å². The third kappa shape index (κ3) is 3.13. The topological polar surface area (TPSA) is 40.5 Å². The lowest BCUT2D eigenvalue weighted by molar-refractivity contribution is -0.123. The number of hydrogen-bond donors (Lipinski definition) is 2. The molecule has 4 aliphatic carbocycles. The van der Waals surface area contributed by atoms with E-state index in [0.29, 0.717) is 23.2 Å². The van der Waals surface area contributed by atoms with Crippen molar-refractivity contribution in [1.29, 1.82) is 0 Å². The van der Waals surface area contributed by atoms with Crippen molar-refractivity contribution in [2.45, 2.75) is 111 Å². The molecule has 0 bridgehead atoms. The highest BCUT2D eigenvalue weighted by atomic mass is 16.3. The van der Waals surface area contributed by atoms with Crippen LogP contribution in [0.4, 0.5) is 0 Å². The Morgan fingerprint density at radius 3 is 2.64 bits per heavy atom. The summed E-state index contributed by atoms with van der Waals surface area (Å²) in [5.41, 5.74) is 1.48. The summed E-state index contributed by atoms with van der Waals surface area (Å²) in [6, 6.07) is 0. The summed E-state index contributed by atoms with van der Waals surface area (Å²) in [4.78, 5) is 0. The van der Waals surface area contributed by atoms with Gasteiger partial charge in [0.2, 0.25) is 0 Å². The van der Waals surface area contributed by atoms with Gasteiger partial charge in [0.25, 0.3) is 0 Å². The fourth-order valence-corrected chi connectivity index (χ4v) is 8.57. The molecule has 28 heavy (non-hydrogen) atoms. The first-order valence-electron chi connectivity index (χ1n) is 12.2. The Bertz CT molecular complexity index is 620. The minimum atomic E-state index is -0.759. The maximum absolute atomic E-state index is 11.5. The van der Waals surface area contributed by atoms with Crippen LogP contribution < -0.4 is 0 Å². The lowest BCUT2D eigenvalue weighted by Gasteiger charge is -2.58. The molecule has 2 N–H and O–H groups in total. The van der Waals surface area contributed by atoms with Gasteiger partial charge in [-0.2, -0.15) is 0 Å². The first-order chi connectivity index (χ1) is 13.1. The van der Waals surface area contributed by atoms with Crippen LogP contribution in [0.5, 0.6) is 0 Å². The van der Waals surface area contributed by atoms with E-state index in [1.54, 1.807) is 5.57 Å². The molecule has 3 saturated carbocycles. The highest BCUT2D eigenvalue weighted by molar-refractivity contribution is 5.25. The monoisotopic (exact) mass is 388 g/mol. The summed E-state index contributed by atoms with van der Waals surface area (Å²) < 4.78 is 0. The number of rotatable bonds is 4. The Balaban J connectivity index is 1.61. The maximum atomic E-state index is 11.5. The molecule has 3 fully saturated rings. The smallest absolute Gasteiger partial charge is 0.0677 e. The molecule has 0 saturated heterocycles. The molecule has 0 spiro atoms. The van der Waals surface area contributed by atoms with Gasteiger partial charge in [0.05, 0.1) is 11.7 Å². The van der Waals surface area contributed by atoms with E-state index in [9.17, 15) is 10.2 Å². The normalized spacial score (nSPS) is 47.7. The molecule has 0 radical (unpaired) electrons. The molecule has 0 aromatic carbocycles. The van der Waals surface area contributed by atoms with Crippen LogP contribution >= 0.6 is 0 Å². The fraction of sp³-hybridized carbons (Fsp3) is 0.923. The van der Waals surface area contributed by atoms with Crippen molar-refractivity contribution in [3.8, 4) is 0 Å². The molecule has 4 rings (SSSR count). The number of aliphatic hydroxyl groups excluding tert-OH is 1. The average molecular weight is 389 g/mol. The van der Waals surface area contributed by atoms with Crippen LogP contribution in [0.3, 0.4) is 0 Å².